The van der Waals surface area contributed by atoms with Crippen molar-refractivity contribution in [1.29, 1.82) is 5.26 Å². The van der Waals surface area contributed by atoms with E-state index in [0.717, 1.165) is 6.92 Å². The first-order valence-electron chi connectivity index (χ1n) is 4.89. The van der Waals surface area contributed by atoms with E-state index in [0.29, 0.717) is 0 Å². The Morgan fingerprint density at radius 2 is 1.61 bits per heavy atom. The van der Waals surface area contributed by atoms with Crippen molar-refractivity contribution in [2.24, 2.45) is 0 Å². The number of carbonyl (C=O) groups excluding carboxylic acids is 3. The van der Waals surface area contributed by atoms with E-state index >= 15 is 0 Å². The normalized spacial score (nSPS) is 9.17. The molecule has 6 nitrogen and oxygen atoms in total. The molecule has 0 saturated carbocycles. The Morgan fingerprint density at radius 3 is 2.11 bits per heavy atom. The van der Waals surface area contributed by atoms with Crippen molar-refractivity contribution >= 4 is 17.7 Å². The molecule has 1 rings (SSSR count). The summed E-state index contributed by atoms with van der Waals surface area (Å²) < 4.78 is 9.61. The molecule has 1 aromatic carbocycles. The van der Waals surface area contributed by atoms with Crippen LogP contribution in [0, 0.1) is 11.3 Å². The molecule has 18 heavy (non-hydrogen) atoms. The fourth-order valence-corrected chi connectivity index (χ4v) is 1.19. The maximum absolute atomic E-state index is 11.2. The summed E-state index contributed by atoms with van der Waals surface area (Å²) in [6.07, 6.45) is 0. The molecule has 0 saturated heterocycles. The van der Waals surface area contributed by atoms with Gasteiger partial charge in [-0.25, -0.2) is 0 Å². The summed E-state index contributed by atoms with van der Waals surface area (Å²) in [7, 11) is 0. The van der Waals surface area contributed by atoms with E-state index in [1.807, 2.05) is 0 Å². The summed E-state index contributed by atoms with van der Waals surface area (Å²) in [5, 5.41) is 8.48. The summed E-state index contributed by atoms with van der Waals surface area (Å²) in [6, 6.07) is 5.19. The lowest BCUT2D eigenvalue weighted by Crippen LogP contribution is -2.08. The van der Waals surface area contributed by atoms with Gasteiger partial charge >= 0.3 is 11.9 Å². The van der Waals surface area contributed by atoms with E-state index in [1.165, 1.54) is 31.2 Å². The third-order valence-corrected chi connectivity index (χ3v) is 1.81. The topological polar surface area (TPSA) is 93.5 Å². The van der Waals surface area contributed by atoms with Gasteiger partial charge in [0.05, 0.1) is 0 Å². The van der Waals surface area contributed by atoms with Crippen LogP contribution in [-0.4, -0.2) is 17.7 Å². The van der Waals surface area contributed by atoms with E-state index in [-0.39, 0.29) is 17.1 Å². The first kappa shape index (κ1) is 13.4. The summed E-state index contributed by atoms with van der Waals surface area (Å²) in [4.78, 5) is 32.9. The molecule has 0 heterocycles. The maximum Gasteiger partial charge on any atom is 0.308 e. The number of nitriles is 1. The minimum absolute atomic E-state index is 0.00666. The number of ketones is 1. The molecular formula is C12H9NO5. The summed E-state index contributed by atoms with van der Waals surface area (Å²) in [5.41, 5.74) is 0.0460. The lowest BCUT2D eigenvalue weighted by Gasteiger charge is -2.08. The van der Waals surface area contributed by atoms with E-state index in [1.54, 1.807) is 0 Å². The number of Topliss-reactive ketones (excluding diaryl/α,β-unsaturated/α-hetero) is 1. The van der Waals surface area contributed by atoms with Gasteiger partial charge in [-0.3, -0.25) is 14.4 Å². The fraction of sp³-hybridized carbons (Fsp3) is 0.167. The van der Waals surface area contributed by atoms with Crippen LogP contribution in [0.3, 0.4) is 0 Å². The molecule has 1 aromatic rings. The Kier molecular flexibility index (Phi) is 4.16. The van der Waals surface area contributed by atoms with Crippen LogP contribution in [0.15, 0.2) is 18.2 Å². The number of esters is 2. The number of ether oxygens (including phenoxy) is 2. The molecule has 0 amide bonds. The Bertz CT molecular complexity index is 556. The summed E-state index contributed by atoms with van der Waals surface area (Å²) in [6.45, 7) is 2.35. The van der Waals surface area contributed by atoms with Crippen LogP contribution >= 0.6 is 0 Å². The summed E-state index contributed by atoms with van der Waals surface area (Å²) >= 11 is 0. The molecule has 92 valence electrons. The maximum atomic E-state index is 11.2. The molecule has 0 aliphatic carbocycles. The lowest BCUT2D eigenvalue weighted by molar-refractivity contribution is -0.134. The number of hydrogen-bond donors (Lipinski definition) is 0. The van der Waals surface area contributed by atoms with Crippen LogP contribution in [0.5, 0.6) is 11.5 Å². The Hall–Kier alpha value is -2.68. The van der Waals surface area contributed by atoms with Crippen LogP contribution in [0.25, 0.3) is 0 Å². The van der Waals surface area contributed by atoms with Crippen molar-refractivity contribution in [3.63, 3.8) is 0 Å². The molecule has 0 aliphatic heterocycles. The molecule has 0 spiro atoms. The second kappa shape index (κ2) is 5.59. The van der Waals surface area contributed by atoms with Gasteiger partial charge < -0.3 is 9.47 Å². The first-order valence-corrected chi connectivity index (χ1v) is 4.89. The van der Waals surface area contributed by atoms with Crippen LogP contribution in [0.1, 0.15) is 24.2 Å². The molecule has 0 N–H and O–H groups in total. The zero-order valence-electron chi connectivity index (χ0n) is 9.72. The molecule has 0 aromatic heterocycles. The number of rotatable bonds is 3. The average molecular weight is 247 g/mol. The van der Waals surface area contributed by atoms with Gasteiger partial charge in [0.25, 0.3) is 5.78 Å². The minimum Gasteiger partial charge on any atom is -0.423 e. The van der Waals surface area contributed by atoms with Crippen molar-refractivity contribution in [2.45, 2.75) is 13.8 Å². The smallest absolute Gasteiger partial charge is 0.308 e. The Labute approximate surface area is 103 Å². The van der Waals surface area contributed by atoms with Crippen LogP contribution < -0.4 is 9.47 Å². The molecule has 0 fully saturated rings. The minimum atomic E-state index is -0.780. The monoisotopic (exact) mass is 247 g/mol. The van der Waals surface area contributed by atoms with Gasteiger partial charge in [0.15, 0.2) is 11.5 Å². The number of benzene rings is 1. The van der Waals surface area contributed by atoms with Gasteiger partial charge in [0.2, 0.25) is 0 Å². The van der Waals surface area contributed by atoms with E-state index < -0.39 is 17.7 Å². The number of carbonyl (C=O) groups is 3. The number of hydrogen-bond acceptors (Lipinski definition) is 6. The highest BCUT2D eigenvalue weighted by atomic mass is 16.6. The largest absolute Gasteiger partial charge is 0.423 e. The SMILES string of the molecule is CC(=O)Oc1ccc(C(=O)C#N)cc1OC(C)=O. The zero-order chi connectivity index (χ0) is 13.7. The second-order valence-corrected chi connectivity index (χ2v) is 3.29. The zero-order valence-corrected chi connectivity index (χ0v) is 9.72. The predicted octanol–water partition coefficient (Wildman–Crippen LogP) is 1.24. The fourth-order valence-electron chi connectivity index (χ4n) is 1.19. The highest BCUT2D eigenvalue weighted by Crippen LogP contribution is 2.29. The molecule has 0 radical (unpaired) electrons. The summed E-state index contributed by atoms with van der Waals surface area (Å²) in [5.74, 6) is -2.09. The Balaban J connectivity index is 3.20. The predicted molar refractivity (Wildman–Crippen MR) is 59.0 cm³/mol. The van der Waals surface area contributed by atoms with Crippen LogP contribution in [0.4, 0.5) is 0 Å². The van der Waals surface area contributed by atoms with Crippen molar-refractivity contribution in [3.8, 4) is 17.6 Å². The Morgan fingerprint density at radius 1 is 1.06 bits per heavy atom. The van der Waals surface area contributed by atoms with E-state index in [4.69, 9.17) is 14.7 Å². The molecule has 0 atom stereocenters. The molecule has 0 bridgehead atoms. The first-order chi connectivity index (χ1) is 8.43. The highest BCUT2D eigenvalue weighted by molar-refractivity contribution is 6.07. The van der Waals surface area contributed by atoms with Gasteiger partial charge in [0, 0.05) is 19.4 Å². The van der Waals surface area contributed by atoms with Gasteiger partial charge in [-0.15, -0.1) is 0 Å². The van der Waals surface area contributed by atoms with Crippen molar-refractivity contribution < 1.29 is 23.9 Å². The standard InChI is InChI=1S/C12H9NO5/c1-7(14)17-11-4-3-9(10(16)6-13)5-12(11)18-8(2)15/h3-5H,1-2H3. The quantitative estimate of drug-likeness (QED) is 0.345. The van der Waals surface area contributed by atoms with Crippen LogP contribution in [0.2, 0.25) is 0 Å². The van der Waals surface area contributed by atoms with Gasteiger partial charge in [0.1, 0.15) is 6.07 Å². The molecule has 0 unspecified atom stereocenters. The average Bonchev–Trinajstić information content (AvgIpc) is 2.29. The van der Waals surface area contributed by atoms with Gasteiger partial charge in [-0.05, 0) is 18.2 Å². The van der Waals surface area contributed by atoms with E-state index in [2.05, 4.69) is 0 Å². The van der Waals surface area contributed by atoms with E-state index in [9.17, 15) is 14.4 Å². The number of nitrogens with zero attached hydrogens (tertiary/aromatic N) is 1. The highest BCUT2D eigenvalue weighted by Gasteiger charge is 2.14. The molecule has 0 aliphatic rings. The van der Waals surface area contributed by atoms with Gasteiger partial charge in [-0.2, -0.15) is 5.26 Å². The molecular weight excluding hydrogens is 238 g/mol. The van der Waals surface area contributed by atoms with Crippen molar-refractivity contribution in [2.75, 3.05) is 0 Å². The van der Waals surface area contributed by atoms with Crippen molar-refractivity contribution in [3.05, 3.63) is 23.8 Å². The van der Waals surface area contributed by atoms with Crippen LogP contribution in [-0.2, 0) is 9.59 Å². The van der Waals surface area contributed by atoms with Crippen molar-refractivity contribution in [1.82, 2.24) is 0 Å². The third kappa shape index (κ3) is 3.42. The lowest BCUT2D eigenvalue weighted by atomic mass is 10.1. The molecule has 6 heteroatoms. The van der Waals surface area contributed by atoms with Gasteiger partial charge in [-0.1, -0.05) is 0 Å². The third-order valence-electron chi connectivity index (χ3n) is 1.81. The second-order valence-electron chi connectivity index (χ2n) is 3.29.